The molecule has 3 rings (SSSR count). The van der Waals surface area contributed by atoms with Gasteiger partial charge in [0.25, 0.3) is 5.91 Å². The van der Waals surface area contributed by atoms with Crippen LogP contribution in [0.25, 0.3) is 5.82 Å². The number of carbonyl (C=O) groups excluding carboxylic acids is 1. The Kier molecular flexibility index (Phi) is 4.01. The lowest BCUT2D eigenvalue weighted by Gasteiger charge is -2.10. The predicted molar refractivity (Wildman–Crippen MR) is 82.3 cm³/mol. The summed E-state index contributed by atoms with van der Waals surface area (Å²) in [5.74, 6) is -0.449. The summed E-state index contributed by atoms with van der Waals surface area (Å²) in [4.78, 5) is 16.5. The highest BCUT2D eigenvalue weighted by atomic mass is 19.1. The maximum absolute atomic E-state index is 14.0. The molecule has 0 fully saturated rings. The van der Waals surface area contributed by atoms with Crippen molar-refractivity contribution in [3.8, 4) is 11.6 Å². The molecule has 0 bridgehead atoms. The number of methoxy groups -OCH3 is 1. The second-order valence-electron chi connectivity index (χ2n) is 4.63. The first-order chi connectivity index (χ1) is 11.2. The fraction of sp³-hybridized carbons (Fsp3) is 0.0625. The summed E-state index contributed by atoms with van der Waals surface area (Å²) in [6, 6.07) is 9.13. The van der Waals surface area contributed by atoms with Gasteiger partial charge in [0.2, 0.25) is 0 Å². The second-order valence-corrected chi connectivity index (χ2v) is 4.63. The van der Waals surface area contributed by atoms with Gasteiger partial charge in [-0.3, -0.25) is 4.79 Å². The molecule has 0 saturated heterocycles. The number of anilines is 1. The zero-order valence-electron chi connectivity index (χ0n) is 12.2. The SMILES string of the molecule is COc1ccc(C(=O)Nc2cccnc2-n2cccn2)c(F)c1. The molecule has 6 nitrogen and oxygen atoms in total. The Bertz CT molecular complexity index is 834. The van der Waals surface area contributed by atoms with Crippen molar-refractivity contribution in [3.05, 3.63) is 66.4 Å². The first-order valence-corrected chi connectivity index (χ1v) is 6.79. The summed E-state index contributed by atoms with van der Waals surface area (Å²) in [6.07, 6.45) is 4.88. The van der Waals surface area contributed by atoms with Gasteiger partial charge in [-0.1, -0.05) is 0 Å². The monoisotopic (exact) mass is 312 g/mol. The fourth-order valence-corrected chi connectivity index (χ4v) is 2.07. The summed E-state index contributed by atoms with van der Waals surface area (Å²) in [7, 11) is 1.43. The topological polar surface area (TPSA) is 69.0 Å². The van der Waals surface area contributed by atoms with Crippen molar-refractivity contribution in [1.82, 2.24) is 14.8 Å². The van der Waals surface area contributed by atoms with Gasteiger partial charge < -0.3 is 10.1 Å². The first kappa shape index (κ1) is 14.7. The van der Waals surface area contributed by atoms with E-state index in [1.165, 1.54) is 23.9 Å². The summed E-state index contributed by atoms with van der Waals surface area (Å²) in [6.45, 7) is 0. The molecule has 0 spiro atoms. The normalized spacial score (nSPS) is 10.3. The Labute approximate surface area is 131 Å². The molecule has 1 N–H and O–H groups in total. The highest BCUT2D eigenvalue weighted by Gasteiger charge is 2.15. The average Bonchev–Trinajstić information content (AvgIpc) is 3.09. The van der Waals surface area contributed by atoms with E-state index in [0.29, 0.717) is 17.3 Å². The number of rotatable bonds is 4. The summed E-state index contributed by atoms with van der Waals surface area (Å²) >= 11 is 0. The maximum Gasteiger partial charge on any atom is 0.258 e. The van der Waals surface area contributed by atoms with Gasteiger partial charge in [0.15, 0.2) is 5.82 Å². The van der Waals surface area contributed by atoms with E-state index in [-0.39, 0.29) is 5.56 Å². The van der Waals surface area contributed by atoms with Gasteiger partial charge in [-0.05, 0) is 30.3 Å². The van der Waals surface area contributed by atoms with Crippen molar-refractivity contribution >= 4 is 11.6 Å². The standard InChI is InChI=1S/C16H13FN4O2/c1-23-11-5-6-12(13(17)10-11)16(22)20-14-4-2-7-18-15(14)21-9-3-8-19-21/h2-10H,1H3,(H,20,22). The van der Waals surface area contributed by atoms with Crippen molar-refractivity contribution in [2.45, 2.75) is 0 Å². The molecule has 1 aromatic carbocycles. The first-order valence-electron chi connectivity index (χ1n) is 6.79. The third-order valence-corrected chi connectivity index (χ3v) is 3.18. The van der Waals surface area contributed by atoms with Crippen LogP contribution >= 0.6 is 0 Å². The Balaban J connectivity index is 1.90. The van der Waals surface area contributed by atoms with Crippen molar-refractivity contribution in [2.75, 3.05) is 12.4 Å². The summed E-state index contributed by atoms with van der Waals surface area (Å²) in [5.41, 5.74) is 0.345. The molecule has 116 valence electrons. The van der Waals surface area contributed by atoms with Crippen LogP contribution in [0.15, 0.2) is 55.0 Å². The number of carbonyl (C=O) groups is 1. The number of pyridine rings is 1. The molecule has 0 aliphatic heterocycles. The maximum atomic E-state index is 14.0. The van der Waals surface area contributed by atoms with Crippen molar-refractivity contribution in [2.24, 2.45) is 0 Å². The van der Waals surface area contributed by atoms with Crippen LogP contribution in [0.4, 0.5) is 10.1 Å². The lowest BCUT2D eigenvalue weighted by Crippen LogP contribution is -2.16. The van der Waals surface area contributed by atoms with Gasteiger partial charge in [-0.15, -0.1) is 0 Å². The molecular weight excluding hydrogens is 299 g/mol. The molecule has 3 aromatic rings. The fourth-order valence-electron chi connectivity index (χ4n) is 2.07. The van der Waals surface area contributed by atoms with Gasteiger partial charge in [0.1, 0.15) is 11.6 Å². The molecule has 23 heavy (non-hydrogen) atoms. The van der Waals surface area contributed by atoms with Gasteiger partial charge in [-0.25, -0.2) is 14.1 Å². The Morgan fingerprint density at radius 1 is 1.26 bits per heavy atom. The van der Waals surface area contributed by atoms with Crippen molar-refractivity contribution in [1.29, 1.82) is 0 Å². The van der Waals surface area contributed by atoms with Crippen LogP contribution < -0.4 is 10.1 Å². The minimum atomic E-state index is -0.661. The number of nitrogens with one attached hydrogen (secondary N) is 1. The molecule has 2 aromatic heterocycles. The van der Waals surface area contributed by atoms with E-state index in [1.807, 2.05) is 0 Å². The number of benzene rings is 1. The molecule has 0 saturated carbocycles. The van der Waals surface area contributed by atoms with E-state index in [0.717, 1.165) is 6.07 Å². The Hall–Kier alpha value is -3.22. The van der Waals surface area contributed by atoms with Crippen molar-refractivity contribution in [3.63, 3.8) is 0 Å². The van der Waals surface area contributed by atoms with E-state index in [4.69, 9.17) is 4.74 Å². The van der Waals surface area contributed by atoms with Crippen molar-refractivity contribution < 1.29 is 13.9 Å². The van der Waals surface area contributed by atoms with Crippen LogP contribution in [0.3, 0.4) is 0 Å². The van der Waals surface area contributed by atoms with Crippen LogP contribution in [0.2, 0.25) is 0 Å². The zero-order chi connectivity index (χ0) is 16.2. The van der Waals surface area contributed by atoms with Crippen LogP contribution in [-0.4, -0.2) is 27.8 Å². The number of aromatic nitrogens is 3. The zero-order valence-corrected chi connectivity index (χ0v) is 12.2. The molecule has 0 aliphatic rings. The minimum Gasteiger partial charge on any atom is -0.497 e. The molecule has 7 heteroatoms. The number of hydrogen-bond donors (Lipinski definition) is 1. The van der Waals surface area contributed by atoms with Crippen LogP contribution in [0.1, 0.15) is 10.4 Å². The summed E-state index contributed by atoms with van der Waals surface area (Å²) < 4.78 is 20.4. The van der Waals surface area contributed by atoms with E-state index >= 15 is 0 Å². The number of amides is 1. The average molecular weight is 312 g/mol. The Morgan fingerprint density at radius 2 is 2.13 bits per heavy atom. The highest BCUT2D eigenvalue weighted by Crippen LogP contribution is 2.20. The van der Waals surface area contributed by atoms with E-state index in [1.54, 1.807) is 36.8 Å². The van der Waals surface area contributed by atoms with E-state index in [2.05, 4.69) is 15.4 Å². The third-order valence-electron chi connectivity index (χ3n) is 3.18. The molecule has 2 heterocycles. The molecule has 0 atom stereocenters. The van der Waals surface area contributed by atoms with Crippen LogP contribution in [-0.2, 0) is 0 Å². The lowest BCUT2D eigenvalue weighted by atomic mass is 10.2. The third kappa shape index (κ3) is 3.03. The lowest BCUT2D eigenvalue weighted by molar-refractivity contribution is 0.102. The molecular formula is C16H13FN4O2. The van der Waals surface area contributed by atoms with E-state index in [9.17, 15) is 9.18 Å². The molecule has 1 amide bonds. The quantitative estimate of drug-likeness (QED) is 0.804. The molecule has 0 aliphatic carbocycles. The van der Waals surface area contributed by atoms with E-state index < -0.39 is 11.7 Å². The highest BCUT2D eigenvalue weighted by molar-refractivity contribution is 6.05. The van der Waals surface area contributed by atoms with Gasteiger partial charge in [0.05, 0.1) is 18.4 Å². The van der Waals surface area contributed by atoms with Crippen LogP contribution in [0.5, 0.6) is 5.75 Å². The number of ether oxygens (including phenoxy) is 1. The largest absolute Gasteiger partial charge is 0.497 e. The number of nitrogens with zero attached hydrogens (tertiary/aromatic N) is 3. The predicted octanol–water partition coefficient (Wildman–Crippen LogP) is 2.67. The van der Waals surface area contributed by atoms with Crippen LogP contribution in [0, 0.1) is 5.82 Å². The minimum absolute atomic E-state index is 0.0823. The molecule has 0 unspecified atom stereocenters. The second kappa shape index (κ2) is 6.27. The smallest absolute Gasteiger partial charge is 0.258 e. The molecule has 0 radical (unpaired) electrons. The van der Waals surface area contributed by atoms with Gasteiger partial charge >= 0.3 is 0 Å². The number of halogens is 1. The number of hydrogen-bond acceptors (Lipinski definition) is 4. The Morgan fingerprint density at radius 3 is 2.83 bits per heavy atom. The van der Waals surface area contributed by atoms with Gasteiger partial charge in [-0.2, -0.15) is 5.10 Å². The van der Waals surface area contributed by atoms with Gasteiger partial charge in [0, 0.05) is 24.7 Å². The summed E-state index contributed by atoms with van der Waals surface area (Å²) in [5, 5.41) is 6.73.